The molecule has 6 heteroatoms. The SMILES string of the molecule is CC1/C(=C\CP(=O)(c2ccccc2)c2ccccc2)CC(O[Si](C)(C)C(C)(C)C)CC1O[Si](C)(C)C(C)(C)C. The first kappa shape index (κ1) is 32.3. The molecule has 39 heavy (non-hydrogen) atoms. The van der Waals surface area contributed by atoms with Crippen molar-refractivity contribution in [3.8, 4) is 0 Å². The van der Waals surface area contributed by atoms with Gasteiger partial charge in [-0.15, -0.1) is 0 Å². The third-order valence-electron chi connectivity index (χ3n) is 9.58. The van der Waals surface area contributed by atoms with E-state index in [-0.39, 0.29) is 28.2 Å². The Morgan fingerprint density at radius 1 is 0.795 bits per heavy atom. The lowest BCUT2D eigenvalue weighted by Gasteiger charge is -2.47. The highest BCUT2D eigenvalue weighted by Crippen LogP contribution is 2.47. The maximum absolute atomic E-state index is 14.8. The predicted molar refractivity (Wildman–Crippen MR) is 175 cm³/mol. The van der Waals surface area contributed by atoms with Crippen LogP contribution < -0.4 is 10.6 Å². The van der Waals surface area contributed by atoms with Crippen molar-refractivity contribution in [2.45, 2.75) is 110 Å². The molecule has 3 unspecified atom stereocenters. The summed E-state index contributed by atoms with van der Waals surface area (Å²) in [5, 5.41) is 2.12. The van der Waals surface area contributed by atoms with Gasteiger partial charge in [0.1, 0.15) is 7.14 Å². The van der Waals surface area contributed by atoms with Crippen LogP contribution in [0.15, 0.2) is 72.3 Å². The van der Waals surface area contributed by atoms with Crippen LogP contribution in [0, 0.1) is 5.92 Å². The van der Waals surface area contributed by atoms with Gasteiger partial charge in [0.25, 0.3) is 0 Å². The van der Waals surface area contributed by atoms with Gasteiger partial charge < -0.3 is 13.4 Å². The molecular formula is C33H53O3PSi2. The summed E-state index contributed by atoms with van der Waals surface area (Å²) in [6.07, 6.45) is 4.83. The van der Waals surface area contributed by atoms with Crippen LogP contribution in [0.5, 0.6) is 0 Å². The minimum atomic E-state index is -2.83. The number of hydrogen-bond acceptors (Lipinski definition) is 3. The zero-order valence-electron chi connectivity index (χ0n) is 26.4. The molecule has 0 aromatic heterocycles. The molecule has 3 nitrogen and oxygen atoms in total. The Balaban J connectivity index is 2.01. The van der Waals surface area contributed by atoms with Crippen molar-refractivity contribution in [2.24, 2.45) is 5.92 Å². The largest absolute Gasteiger partial charge is 0.414 e. The van der Waals surface area contributed by atoms with E-state index in [0.29, 0.717) is 6.16 Å². The average Bonchev–Trinajstić information content (AvgIpc) is 2.84. The summed E-state index contributed by atoms with van der Waals surface area (Å²) in [6, 6.07) is 20.0. The van der Waals surface area contributed by atoms with Crippen molar-refractivity contribution in [3.05, 3.63) is 72.3 Å². The van der Waals surface area contributed by atoms with Crippen LogP contribution >= 0.6 is 7.14 Å². The molecule has 1 aliphatic rings. The molecule has 3 rings (SSSR count). The molecule has 0 aliphatic heterocycles. The van der Waals surface area contributed by atoms with E-state index in [1.807, 2.05) is 60.7 Å². The van der Waals surface area contributed by atoms with E-state index in [1.54, 1.807) is 0 Å². The molecule has 1 aliphatic carbocycles. The molecule has 0 spiro atoms. The smallest absolute Gasteiger partial charge is 0.192 e. The molecule has 0 N–H and O–H groups in total. The van der Waals surface area contributed by atoms with E-state index in [4.69, 9.17) is 8.85 Å². The maximum atomic E-state index is 14.8. The van der Waals surface area contributed by atoms with E-state index >= 15 is 0 Å². The Bertz CT molecular complexity index is 1120. The Morgan fingerprint density at radius 2 is 1.23 bits per heavy atom. The molecule has 0 saturated heterocycles. The van der Waals surface area contributed by atoms with Crippen molar-refractivity contribution >= 4 is 34.4 Å². The molecule has 0 amide bonds. The minimum absolute atomic E-state index is 0.105. The number of benzene rings is 2. The lowest BCUT2D eigenvalue weighted by Crippen LogP contribution is -2.50. The molecular weight excluding hydrogens is 532 g/mol. The quantitative estimate of drug-likeness (QED) is 0.176. The van der Waals surface area contributed by atoms with Crippen LogP contribution in [0.1, 0.15) is 61.3 Å². The van der Waals surface area contributed by atoms with Gasteiger partial charge in [-0.25, -0.2) is 0 Å². The normalized spacial score (nSPS) is 22.7. The van der Waals surface area contributed by atoms with Crippen LogP contribution in [0.25, 0.3) is 0 Å². The first-order valence-electron chi connectivity index (χ1n) is 14.6. The maximum Gasteiger partial charge on any atom is 0.192 e. The summed E-state index contributed by atoms with van der Waals surface area (Å²) < 4.78 is 28.9. The van der Waals surface area contributed by atoms with Crippen LogP contribution in [0.3, 0.4) is 0 Å². The fraction of sp³-hybridized carbons (Fsp3) is 0.576. The Labute approximate surface area is 241 Å². The molecule has 1 fully saturated rings. The van der Waals surface area contributed by atoms with Crippen molar-refractivity contribution in [3.63, 3.8) is 0 Å². The van der Waals surface area contributed by atoms with Gasteiger partial charge in [-0.3, -0.25) is 0 Å². The minimum Gasteiger partial charge on any atom is -0.414 e. The van der Waals surface area contributed by atoms with E-state index < -0.39 is 23.8 Å². The monoisotopic (exact) mass is 584 g/mol. The Kier molecular flexibility index (Phi) is 9.88. The molecule has 0 bridgehead atoms. The van der Waals surface area contributed by atoms with Crippen molar-refractivity contribution in [1.82, 2.24) is 0 Å². The van der Waals surface area contributed by atoms with Crippen molar-refractivity contribution in [1.29, 1.82) is 0 Å². The zero-order valence-corrected chi connectivity index (χ0v) is 29.3. The Morgan fingerprint density at radius 3 is 1.67 bits per heavy atom. The topological polar surface area (TPSA) is 35.5 Å². The first-order valence-corrected chi connectivity index (χ1v) is 22.3. The Hall–Kier alpha value is -1.24. The van der Waals surface area contributed by atoms with Gasteiger partial charge >= 0.3 is 0 Å². The average molecular weight is 585 g/mol. The van der Waals surface area contributed by atoms with Crippen LogP contribution in [-0.2, 0) is 13.4 Å². The summed E-state index contributed by atoms with van der Waals surface area (Å²) in [6.45, 7) is 25.5. The second-order valence-corrected chi connectivity index (χ2v) is 26.9. The fourth-order valence-corrected chi connectivity index (χ4v) is 10.1. The van der Waals surface area contributed by atoms with E-state index in [2.05, 4.69) is 80.7 Å². The fourth-order valence-electron chi connectivity index (χ4n) is 4.84. The molecule has 216 valence electrons. The van der Waals surface area contributed by atoms with E-state index in [9.17, 15) is 4.57 Å². The third-order valence-corrected chi connectivity index (χ3v) is 21.6. The number of allylic oxidation sites excluding steroid dienone is 1. The highest BCUT2D eigenvalue weighted by molar-refractivity contribution is 7.78. The standard InChI is InChI=1S/C33H53O3PSi2/c1-26-27(22-23-37(34,29-18-14-12-15-19-29)30-20-16-13-17-21-30)24-28(35-38(8,9)32(2,3)4)25-31(26)36-39(10,11)33(5,6)7/h12-22,26,28,31H,23-25H2,1-11H3/b27-22-. The van der Waals surface area contributed by atoms with Gasteiger partial charge in [0, 0.05) is 22.7 Å². The van der Waals surface area contributed by atoms with Crippen LogP contribution in [0.2, 0.25) is 36.3 Å². The summed E-state index contributed by atoms with van der Waals surface area (Å²) in [5.41, 5.74) is 1.33. The van der Waals surface area contributed by atoms with Gasteiger partial charge in [-0.2, -0.15) is 0 Å². The lowest BCUT2D eigenvalue weighted by molar-refractivity contribution is 0.0453. The lowest BCUT2D eigenvalue weighted by atomic mass is 9.81. The van der Waals surface area contributed by atoms with E-state index in [1.165, 1.54) is 5.57 Å². The van der Waals surface area contributed by atoms with Gasteiger partial charge in [-0.1, -0.05) is 121 Å². The van der Waals surface area contributed by atoms with Crippen LogP contribution in [0.4, 0.5) is 0 Å². The first-order chi connectivity index (χ1) is 17.9. The molecule has 0 heterocycles. The molecule has 1 saturated carbocycles. The number of hydrogen-bond donors (Lipinski definition) is 0. The van der Waals surface area contributed by atoms with Gasteiger partial charge in [0.05, 0.1) is 12.2 Å². The summed E-state index contributed by atoms with van der Waals surface area (Å²) >= 11 is 0. The summed E-state index contributed by atoms with van der Waals surface area (Å²) in [4.78, 5) is 0. The molecule has 2 aromatic carbocycles. The highest BCUT2D eigenvalue weighted by atomic mass is 31.2. The number of rotatable bonds is 8. The van der Waals surface area contributed by atoms with Gasteiger partial charge in [0.2, 0.25) is 0 Å². The van der Waals surface area contributed by atoms with E-state index in [0.717, 1.165) is 23.5 Å². The molecule has 0 radical (unpaired) electrons. The highest BCUT2D eigenvalue weighted by Gasteiger charge is 2.45. The van der Waals surface area contributed by atoms with Gasteiger partial charge in [-0.05, 0) is 49.1 Å². The second kappa shape index (κ2) is 11.9. The summed E-state index contributed by atoms with van der Waals surface area (Å²) in [5.74, 6) is 0.262. The van der Waals surface area contributed by atoms with Crippen LogP contribution in [-0.4, -0.2) is 35.0 Å². The van der Waals surface area contributed by atoms with Crippen molar-refractivity contribution in [2.75, 3.05) is 6.16 Å². The molecule has 3 atom stereocenters. The molecule has 2 aromatic rings. The summed E-state index contributed by atoms with van der Waals surface area (Å²) in [7, 11) is -6.77. The van der Waals surface area contributed by atoms with Crippen molar-refractivity contribution < 1.29 is 13.4 Å². The zero-order chi connectivity index (χ0) is 29.3. The predicted octanol–water partition coefficient (Wildman–Crippen LogP) is 9.14. The van der Waals surface area contributed by atoms with Gasteiger partial charge in [0.15, 0.2) is 16.6 Å². The third kappa shape index (κ3) is 7.54. The second-order valence-electron chi connectivity index (χ2n) is 14.5.